The Morgan fingerprint density at radius 2 is 2.03 bits per heavy atom. The molecule has 0 spiro atoms. The minimum absolute atomic E-state index is 0.00757. The van der Waals surface area contributed by atoms with Crippen LogP contribution in [0.1, 0.15) is 40.2 Å². The monoisotopic (exact) mass is 556 g/mol. The van der Waals surface area contributed by atoms with Crippen molar-refractivity contribution in [2.24, 2.45) is 17.0 Å². The lowest BCUT2D eigenvalue weighted by molar-refractivity contribution is 0.100. The molecule has 2 fully saturated rings. The summed E-state index contributed by atoms with van der Waals surface area (Å²) >= 11 is 0. The molecule has 13 heteroatoms. The second-order valence-electron chi connectivity index (χ2n) is 10.0. The zero-order valence-electron chi connectivity index (χ0n) is 21.4. The van der Waals surface area contributed by atoms with E-state index in [4.69, 9.17) is 9.88 Å². The van der Waals surface area contributed by atoms with Crippen molar-refractivity contribution in [3.63, 3.8) is 0 Å². The van der Waals surface area contributed by atoms with Crippen molar-refractivity contribution in [1.82, 2.24) is 19.7 Å². The number of aliphatic hydroxyl groups is 1. The lowest BCUT2D eigenvalue weighted by atomic mass is 9.96. The Kier molecular flexibility index (Phi) is 8.33. The van der Waals surface area contributed by atoms with Crippen LogP contribution in [0, 0.1) is 11.8 Å². The smallest absolute Gasteiger partial charge is 0.333 e. The molecular formula is C26H32N6O6S. The normalized spacial score (nSPS) is 21.8. The van der Waals surface area contributed by atoms with Gasteiger partial charge in [-0.15, -0.1) is 0 Å². The summed E-state index contributed by atoms with van der Waals surface area (Å²) in [6.45, 7) is 3.48. The van der Waals surface area contributed by atoms with Crippen molar-refractivity contribution >= 4 is 21.8 Å². The quantitative estimate of drug-likeness (QED) is 0.344. The van der Waals surface area contributed by atoms with Crippen molar-refractivity contribution in [2.45, 2.75) is 31.9 Å². The number of ether oxygens (including phenoxy) is 1. The third-order valence-corrected chi connectivity index (χ3v) is 7.69. The van der Waals surface area contributed by atoms with Gasteiger partial charge in [-0.3, -0.25) is 13.7 Å². The number of anilines is 1. The van der Waals surface area contributed by atoms with Gasteiger partial charge in [0.1, 0.15) is 12.0 Å². The third-order valence-electron chi connectivity index (χ3n) is 7.23. The van der Waals surface area contributed by atoms with Crippen molar-refractivity contribution in [1.29, 1.82) is 0 Å². The fraction of sp³-hybridized carbons (Fsp3) is 0.462. The van der Waals surface area contributed by atoms with Crippen LogP contribution in [0.15, 0.2) is 49.1 Å². The Morgan fingerprint density at radius 1 is 1.21 bits per heavy atom. The van der Waals surface area contributed by atoms with Crippen LogP contribution in [0.2, 0.25) is 0 Å². The number of benzene rings is 1. The number of rotatable bonds is 10. The molecule has 3 N–H and O–H groups in total. The van der Waals surface area contributed by atoms with Gasteiger partial charge >= 0.3 is 10.3 Å². The highest BCUT2D eigenvalue weighted by Gasteiger charge is 2.35. The van der Waals surface area contributed by atoms with Gasteiger partial charge in [-0.25, -0.2) is 15.1 Å². The molecule has 12 nitrogen and oxygen atoms in total. The first-order valence-corrected chi connectivity index (χ1v) is 14.4. The molecule has 1 aliphatic carbocycles. The number of nitrogens with zero attached hydrogens (tertiary/aromatic N) is 5. The maximum absolute atomic E-state index is 13.4. The Balaban J connectivity index is 1.24. The van der Waals surface area contributed by atoms with Gasteiger partial charge in [0.2, 0.25) is 5.78 Å². The van der Waals surface area contributed by atoms with E-state index in [-0.39, 0.29) is 24.2 Å². The molecule has 3 heterocycles. The molecule has 1 saturated carbocycles. The number of aliphatic hydroxyl groups excluding tert-OH is 1. The van der Waals surface area contributed by atoms with Crippen LogP contribution in [0.5, 0.6) is 0 Å². The Hall–Kier alpha value is -3.23. The molecule has 208 valence electrons. The number of carbonyl (C=O) groups is 1. The van der Waals surface area contributed by atoms with Crippen LogP contribution in [0.4, 0.5) is 5.69 Å². The molecule has 2 aliphatic rings. The van der Waals surface area contributed by atoms with E-state index in [9.17, 15) is 18.3 Å². The molecule has 0 bridgehead atoms. The number of ketones is 1. The fourth-order valence-corrected chi connectivity index (χ4v) is 5.66. The molecular weight excluding hydrogens is 524 g/mol. The van der Waals surface area contributed by atoms with E-state index in [0.717, 1.165) is 37.6 Å². The van der Waals surface area contributed by atoms with Gasteiger partial charge in [0.15, 0.2) is 0 Å². The molecule has 0 amide bonds. The van der Waals surface area contributed by atoms with Gasteiger partial charge < -0.3 is 14.7 Å². The zero-order valence-corrected chi connectivity index (χ0v) is 22.2. The number of nitrogens with two attached hydrogens (primary N) is 1. The Morgan fingerprint density at radius 3 is 2.82 bits per heavy atom. The van der Waals surface area contributed by atoms with E-state index in [1.165, 1.54) is 12.5 Å². The van der Waals surface area contributed by atoms with Crippen molar-refractivity contribution in [2.75, 3.05) is 37.8 Å². The summed E-state index contributed by atoms with van der Waals surface area (Å²) in [6.07, 6.45) is 5.32. The molecule has 2 aromatic heterocycles. The zero-order chi connectivity index (χ0) is 27.4. The molecule has 3 aromatic rings. The van der Waals surface area contributed by atoms with Crippen molar-refractivity contribution < 1.29 is 27.2 Å². The van der Waals surface area contributed by atoms with Gasteiger partial charge in [0.25, 0.3) is 0 Å². The minimum atomic E-state index is -4.08. The number of aromatic nitrogens is 4. The molecule has 39 heavy (non-hydrogen) atoms. The number of hydrogen-bond acceptors (Lipinski definition) is 10. The Bertz CT molecular complexity index is 1410. The first-order valence-electron chi connectivity index (χ1n) is 12.9. The summed E-state index contributed by atoms with van der Waals surface area (Å²) in [6, 6.07) is 9.96. The first kappa shape index (κ1) is 27.3. The van der Waals surface area contributed by atoms with Crippen molar-refractivity contribution in [3.05, 3.63) is 71.6 Å². The van der Waals surface area contributed by atoms with E-state index in [1.807, 2.05) is 12.1 Å². The maximum atomic E-state index is 13.4. The predicted octanol–water partition coefficient (Wildman–Crippen LogP) is 0.939. The predicted molar refractivity (Wildman–Crippen MR) is 141 cm³/mol. The minimum Gasteiger partial charge on any atom is -0.393 e. The van der Waals surface area contributed by atoms with Gasteiger partial charge in [-0.05, 0) is 48.9 Å². The summed E-state index contributed by atoms with van der Waals surface area (Å²) in [5.74, 6) is -0.655. The van der Waals surface area contributed by atoms with Gasteiger partial charge in [0, 0.05) is 37.1 Å². The second-order valence-corrected chi connectivity index (χ2v) is 11.2. The molecule has 0 radical (unpaired) electrons. The molecule has 1 aromatic carbocycles. The number of morpholine rings is 1. The topological polar surface area (TPSA) is 163 Å². The lowest BCUT2D eigenvalue weighted by Crippen LogP contribution is -2.36. The molecule has 1 saturated heterocycles. The second kappa shape index (κ2) is 11.9. The van der Waals surface area contributed by atoms with E-state index >= 15 is 0 Å². The van der Waals surface area contributed by atoms with Crippen LogP contribution >= 0.6 is 0 Å². The first-order chi connectivity index (χ1) is 18.7. The lowest BCUT2D eigenvalue weighted by Gasteiger charge is -2.29. The van der Waals surface area contributed by atoms with Crippen LogP contribution in [-0.4, -0.2) is 78.1 Å². The standard InChI is InChI=1S/C26H32N6O6S/c27-39(35,36)38-16-20-10-19(13-25(20)33)12-24-22(14-28-17-29-24)26(34)23-4-5-32(30-23)15-18-2-1-3-21(11-18)31-6-8-37-9-7-31/h1-5,11,14,17,19-20,25,33H,6-10,12-13,15-16H2,(H2,27,35,36)/t19-,20+,25-/m0/s1. The molecule has 5 rings (SSSR count). The highest BCUT2D eigenvalue weighted by Crippen LogP contribution is 2.34. The highest BCUT2D eigenvalue weighted by molar-refractivity contribution is 7.84. The summed E-state index contributed by atoms with van der Waals surface area (Å²) < 4.78 is 34.1. The summed E-state index contributed by atoms with van der Waals surface area (Å²) in [5.41, 5.74) is 3.43. The maximum Gasteiger partial charge on any atom is 0.333 e. The van der Waals surface area contributed by atoms with Crippen LogP contribution in [0.25, 0.3) is 0 Å². The largest absolute Gasteiger partial charge is 0.393 e. The van der Waals surface area contributed by atoms with E-state index in [1.54, 1.807) is 16.9 Å². The van der Waals surface area contributed by atoms with Crippen LogP contribution in [-0.2, 0) is 32.2 Å². The summed E-state index contributed by atoms with van der Waals surface area (Å²) in [5, 5.41) is 19.8. The average Bonchev–Trinajstić information content (AvgIpc) is 3.53. The van der Waals surface area contributed by atoms with Gasteiger partial charge in [-0.1, -0.05) is 12.1 Å². The van der Waals surface area contributed by atoms with E-state index < -0.39 is 16.4 Å². The SMILES string of the molecule is NS(=O)(=O)OC[C@H]1C[C@@H](Cc2ncncc2C(=O)c2ccn(Cc3cccc(N4CCOCC4)c3)n2)C[C@@H]1O. The number of carbonyl (C=O) groups excluding carboxylic acids is 1. The van der Waals surface area contributed by atoms with E-state index in [2.05, 4.69) is 36.3 Å². The van der Waals surface area contributed by atoms with Crippen LogP contribution in [0.3, 0.4) is 0 Å². The molecule has 0 unspecified atom stereocenters. The van der Waals surface area contributed by atoms with Crippen molar-refractivity contribution in [3.8, 4) is 0 Å². The molecule has 1 aliphatic heterocycles. The summed E-state index contributed by atoms with van der Waals surface area (Å²) in [4.78, 5) is 24.1. The number of hydrogen-bond donors (Lipinski definition) is 2. The molecule has 3 atom stereocenters. The van der Waals surface area contributed by atoms with Gasteiger partial charge in [0.05, 0.1) is 43.7 Å². The highest BCUT2D eigenvalue weighted by atomic mass is 32.2. The van der Waals surface area contributed by atoms with E-state index in [0.29, 0.717) is 42.8 Å². The van der Waals surface area contributed by atoms with Crippen LogP contribution < -0.4 is 10.0 Å². The van der Waals surface area contributed by atoms with Gasteiger partial charge in [-0.2, -0.15) is 13.5 Å². The third kappa shape index (κ3) is 7.05. The average molecular weight is 557 g/mol. The summed E-state index contributed by atoms with van der Waals surface area (Å²) in [7, 11) is -4.08. The fourth-order valence-electron chi connectivity index (χ4n) is 5.29. The Labute approximate surface area is 227 Å².